The van der Waals surface area contributed by atoms with E-state index in [-0.39, 0.29) is 5.92 Å². The number of tetrazole rings is 1. The van der Waals surface area contributed by atoms with E-state index in [1.165, 1.54) is 0 Å². The zero-order chi connectivity index (χ0) is 12.6. The monoisotopic (exact) mass is 283 g/mol. The molecule has 1 aromatic carbocycles. The predicted molar refractivity (Wildman–Crippen MR) is 70.2 cm³/mol. The van der Waals surface area contributed by atoms with Gasteiger partial charge in [0.15, 0.2) is 0 Å². The minimum absolute atomic E-state index is 0.252. The standard InChI is InChI=1S/C11H11Cl2N5/c12-11(13)6-8(11)7-14-10-15-16-17-18(10)9-4-2-1-3-5-9/h1-5,8H,6-7H2,(H,14,15,17)/t8-/m0/s1. The molecule has 1 saturated carbocycles. The number of hydrogen-bond donors (Lipinski definition) is 1. The number of aromatic nitrogens is 4. The Morgan fingerprint density at radius 1 is 1.33 bits per heavy atom. The van der Waals surface area contributed by atoms with Crippen LogP contribution in [0, 0.1) is 5.92 Å². The van der Waals surface area contributed by atoms with Crippen LogP contribution >= 0.6 is 23.2 Å². The first-order chi connectivity index (χ1) is 8.67. The highest BCUT2D eigenvalue weighted by molar-refractivity contribution is 6.50. The van der Waals surface area contributed by atoms with Crippen LogP contribution < -0.4 is 5.32 Å². The van der Waals surface area contributed by atoms with Gasteiger partial charge in [-0.3, -0.25) is 0 Å². The van der Waals surface area contributed by atoms with Gasteiger partial charge in [-0.15, -0.1) is 23.2 Å². The Morgan fingerprint density at radius 3 is 2.72 bits per heavy atom. The number of anilines is 1. The van der Waals surface area contributed by atoms with E-state index in [2.05, 4.69) is 20.8 Å². The second kappa shape index (κ2) is 4.40. The summed E-state index contributed by atoms with van der Waals surface area (Å²) < 4.78 is 1.06. The number of nitrogens with one attached hydrogen (secondary N) is 1. The van der Waals surface area contributed by atoms with Crippen molar-refractivity contribution in [1.29, 1.82) is 0 Å². The molecule has 3 rings (SSSR count). The van der Waals surface area contributed by atoms with Crippen molar-refractivity contribution < 1.29 is 0 Å². The first kappa shape index (κ1) is 11.7. The van der Waals surface area contributed by atoms with Gasteiger partial charge in [0.2, 0.25) is 5.95 Å². The summed E-state index contributed by atoms with van der Waals surface area (Å²) in [5, 5.41) is 14.7. The fraction of sp³-hybridized carbons (Fsp3) is 0.364. The molecule has 0 amide bonds. The normalized spacial score (nSPS) is 20.7. The highest BCUT2D eigenvalue weighted by Crippen LogP contribution is 2.52. The summed E-state index contributed by atoms with van der Waals surface area (Å²) in [6.45, 7) is 0.667. The lowest BCUT2D eigenvalue weighted by Gasteiger charge is -2.06. The van der Waals surface area contributed by atoms with Crippen LogP contribution in [0.2, 0.25) is 0 Å². The van der Waals surface area contributed by atoms with E-state index in [1.807, 2.05) is 30.3 Å². The molecule has 1 aliphatic carbocycles. The highest BCUT2D eigenvalue weighted by Gasteiger charge is 2.51. The lowest BCUT2D eigenvalue weighted by molar-refractivity contribution is 0.784. The van der Waals surface area contributed by atoms with Crippen LogP contribution in [0.4, 0.5) is 5.95 Å². The average molecular weight is 284 g/mol. The lowest BCUT2D eigenvalue weighted by Crippen LogP contribution is -2.12. The molecule has 7 heteroatoms. The zero-order valence-electron chi connectivity index (χ0n) is 9.42. The number of benzene rings is 1. The van der Waals surface area contributed by atoms with Gasteiger partial charge in [0.25, 0.3) is 0 Å². The fourth-order valence-electron chi connectivity index (χ4n) is 1.75. The Kier molecular flexibility index (Phi) is 2.87. The third-order valence-electron chi connectivity index (χ3n) is 2.93. The topological polar surface area (TPSA) is 55.6 Å². The number of alkyl halides is 2. The van der Waals surface area contributed by atoms with Crippen LogP contribution in [0.1, 0.15) is 6.42 Å². The summed E-state index contributed by atoms with van der Waals surface area (Å²) >= 11 is 11.9. The van der Waals surface area contributed by atoms with Gasteiger partial charge in [0.1, 0.15) is 4.33 Å². The zero-order valence-corrected chi connectivity index (χ0v) is 10.9. The van der Waals surface area contributed by atoms with Gasteiger partial charge in [-0.1, -0.05) is 23.3 Å². The van der Waals surface area contributed by atoms with Crippen molar-refractivity contribution in [1.82, 2.24) is 20.2 Å². The molecule has 5 nitrogen and oxygen atoms in total. The maximum absolute atomic E-state index is 5.97. The van der Waals surface area contributed by atoms with E-state index < -0.39 is 4.33 Å². The third-order valence-corrected chi connectivity index (χ3v) is 3.86. The lowest BCUT2D eigenvalue weighted by atomic mass is 10.3. The minimum atomic E-state index is -0.585. The number of para-hydroxylation sites is 1. The molecule has 94 valence electrons. The van der Waals surface area contributed by atoms with Crippen molar-refractivity contribution in [3.05, 3.63) is 30.3 Å². The third kappa shape index (κ3) is 2.28. The fourth-order valence-corrected chi connectivity index (χ4v) is 2.27. The van der Waals surface area contributed by atoms with E-state index in [0.717, 1.165) is 12.1 Å². The molecule has 0 spiro atoms. The number of halogens is 2. The Hall–Kier alpha value is -1.33. The Balaban J connectivity index is 1.72. The predicted octanol–water partition coefficient (Wildman–Crippen LogP) is 2.27. The van der Waals surface area contributed by atoms with Gasteiger partial charge in [-0.25, -0.2) is 0 Å². The van der Waals surface area contributed by atoms with E-state index in [0.29, 0.717) is 12.5 Å². The molecule has 0 bridgehead atoms. The van der Waals surface area contributed by atoms with Crippen LogP contribution in [0.15, 0.2) is 30.3 Å². The summed E-state index contributed by atoms with van der Waals surface area (Å²) in [7, 11) is 0. The molecule has 0 saturated heterocycles. The molecule has 1 atom stereocenters. The smallest absolute Gasteiger partial charge is 0.247 e. The summed E-state index contributed by atoms with van der Waals surface area (Å²) in [5.74, 6) is 0.846. The quantitative estimate of drug-likeness (QED) is 0.875. The van der Waals surface area contributed by atoms with Gasteiger partial charge in [-0.2, -0.15) is 4.68 Å². The molecule has 1 N–H and O–H groups in total. The summed E-state index contributed by atoms with van der Waals surface area (Å²) in [6.07, 6.45) is 0.802. The molecule has 0 aliphatic heterocycles. The van der Waals surface area contributed by atoms with Crippen molar-refractivity contribution in [2.24, 2.45) is 5.92 Å². The summed E-state index contributed by atoms with van der Waals surface area (Å²) in [5.41, 5.74) is 0.906. The number of hydrogen-bond acceptors (Lipinski definition) is 4. The number of rotatable bonds is 4. The van der Waals surface area contributed by atoms with Gasteiger partial charge >= 0.3 is 0 Å². The van der Waals surface area contributed by atoms with Gasteiger partial charge in [-0.05, 0) is 29.0 Å². The second-order valence-corrected chi connectivity index (χ2v) is 5.84. The largest absolute Gasteiger partial charge is 0.352 e. The molecule has 0 unspecified atom stereocenters. The maximum Gasteiger partial charge on any atom is 0.247 e. The van der Waals surface area contributed by atoms with Crippen molar-refractivity contribution in [2.75, 3.05) is 11.9 Å². The Morgan fingerprint density at radius 2 is 2.06 bits per heavy atom. The van der Waals surface area contributed by atoms with Gasteiger partial charge in [0.05, 0.1) is 5.69 Å². The van der Waals surface area contributed by atoms with E-state index in [1.54, 1.807) is 4.68 Å². The number of nitrogens with zero attached hydrogens (tertiary/aromatic N) is 4. The van der Waals surface area contributed by atoms with Crippen LogP contribution in [0.25, 0.3) is 5.69 Å². The first-order valence-corrected chi connectivity index (χ1v) is 6.38. The second-order valence-electron chi connectivity index (χ2n) is 4.29. The molecule has 1 fully saturated rings. The van der Waals surface area contributed by atoms with Crippen molar-refractivity contribution in [3.8, 4) is 5.69 Å². The van der Waals surface area contributed by atoms with Crippen molar-refractivity contribution in [2.45, 2.75) is 10.8 Å². The van der Waals surface area contributed by atoms with E-state index in [9.17, 15) is 0 Å². The average Bonchev–Trinajstić information content (AvgIpc) is 2.78. The molecule has 1 aromatic heterocycles. The molecule has 18 heavy (non-hydrogen) atoms. The first-order valence-electron chi connectivity index (χ1n) is 5.62. The van der Waals surface area contributed by atoms with Crippen molar-refractivity contribution in [3.63, 3.8) is 0 Å². The van der Waals surface area contributed by atoms with E-state index >= 15 is 0 Å². The van der Waals surface area contributed by atoms with E-state index in [4.69, 9.17) is 23.2 Å². The molecule has 0 radical (unpaired) electrons. The van der Waals surface area contributed by atoms with Crippen molar-refractivity contribution >= 4 is 29.2 Å². The van der Waals surface area contributed by atoms with Gasteiger partial charge < -0.3 is 5.32 Å². The van der Waals surface area contributed by atoms with Crippen LogP contribution in [-0.4, -0.2) is 31.1 Å². The molecular formula is C11H11Cl2N5. The SMILES string of the molecule is ClC1(Cl)C[C@H]1CNc1nnnn1-c1ccccc1. The summed E-state index contributed by atoms with van der Waals surface area (Å²) in [6, 6.07) is 9.69. The Labute approximate surface area is 114 Å². The van der Waals surface area contributed by atoms with Crippen LogP contribution in [-0.2, 0) is 0 Å². The molecule has 1 heterocycles. The minimum Gasteiger partial charge on any atom is -0.352 e. The Bertz CT molecular complexity index is 539. The molecular weight excluding hydrogens is 273 g/mol. The molecule has 2 aromatic rings. The molecule has 1 aliphatic rings. The van der Waals surface area contributed by atoms with Crippen LogP contribution in [0.3, 0.4) is 0 Å². The summed E-state index contributed by atoms with van der Waals surface area (Å²) in [4.78, 5) is 0. The maximum atomic E-state index is 5.97. The van der Waals surface area contributed by atoms with Gasteiger partial charge in [0, 0.05) is 12.5 Å². The van der Waals surface area contributed by atoms with Crippen LogP contribution in [0.5, 0.6) is 0 Å². The highest BCUT2D eigenvalue weighted by atomic mass is 35.5.